The molecule has 5 heteroatoms. The Morgan fingerprint density at radius 3 is 2.66 bits per heavy atom. The van der Waals surface area contributed by atoms with E-state index >= 15 is 0 Å². The molecule has 0 bridgehead atoms. The standard InChI is InChI=1S/C24H24N2O2S/c1-4-17(3)26-23(27)22(29-24(26)28)13-19-15-25(21-11-6-5-10-20(19)21)14-18-9-7-8-16(2)12-18/h5-13,15,17H,4,14H2,1-3H3/b22-13+/t17-/m1/s1. The first-order chi connectivity index (χ1) is 14.0. The first-order valence-corrected chi connectivity index (χ1v) is 10.7. The highest BCUT2D eigenvalue weighted by molar-refractivity contribution is 8.18. The van der Waals surface area contributed by atoms with Gasteiger partial charge in [0.1, 0.15) is 0 Å². The summed E-state index contributed by atoms with van der Waals surface area (Å²) in [5, 5.41) is 0.898. The van der Waals surface area contributed by atoms with Crippen LogP contribution >= 0.6 is 11.8 Å². The third-order valence-corrected chi connectivity index (χ3v) is 6.28. The number of aryl methyl sites for hydroxylation is 1. The van der Waals surface area contributed by atoms with Crippen molar-refractivity contribution in [3.8, 4) is 0 Å². The van der Waals surface area contributed by atoms with Crippen LogP contribution in [0, 0.1) is 6.92 Å². The Balaban J connectivity index is 1.73. The molecule has 1 saturated heterocycles. The second-order valence-corrected chi connectivity index (χ2v) is 8.52. The number of thioether (sulfide) groups is 1. The molecular formula is C24H24N2O2S. The van der Waals surface area contributed by atoms with Crippen LogP contribution in [0.1, 0.15) is 37.0 Å². The van der Waals surface area contributed by atoms with Crippen LogP contribution in [0.5, 0.6) is 0 Å². The zero-order chi connectivity index (χ0) is 20.5. The number of imide groups is 1. The van der Waals surface area contributed by atoms with E-state index in [2.05, 4.69) is 54.1 Å². The summed E-state index contributed by atoms with van der Waals surface area (Å²) in [5.41, 5.74) is 4.54. The Hall–Kier alpha value is -2.79. The molecule has 148 valence electrons. The highest BCUT2D eigenvalue weighted by Crippen LogP contribution is 2.35. The molecule has 1 aliphatic rings. The van der Waals surface area contributed by atoms with Crippen molar-refractivity contribution < 1.29 is 9.59 Å². The maximum Gasteiger partial charge on any atom is 0.293 e. The quantitative estimate of drug-likeness (QED) is 0.502. The highest BCUT2D eigenvalue weighted by Gasteiger charge is 2.37. The van der Waals surface area contributed by atoms with E-state index in [1.807, 2.05) is 32.1 Å². The van der Waals surface area contributed by atoms with E-state index in [0.29, 0.717) is 4.91 Å². The number of amides is 2. The van der Waals surface area contributed by atoms with Crippen molar-refractivity contribution in [2.45, 2.75) is 39.8 Å². The van der Waals surface area contributed by atoms with E-state index in [4.69, 9.17) is 0 Å². The number of hydrogen-bond acceptors (Lipinski definition) is 3. The number of fused-ring (bicyclic) bond motifs is 1. The lowest BCUT2D eigenvalue weighted by molar-refractivity contribution is -0.124. The van der Waals surface area contributed by atoms with Crippen molar-refractivity contribution in [3.05, 3.63) is 76.3 Å². The minimum atomic E-state index is -0.190. The van der Waals surface area contributed by atoms with Crippen LogP contribution in [-0.4, -0.2) is 26.7 Å². The van der Waals surface area contributed by atoms with Crippen LogP contribution < -0.4 is 0 Å². The summed E-state index contributed by atoms with van der Waals surface area (Å²) in [6.07, 6.45) is 4.69. The maximum absolute atomic E-state index is 12.8. The first-order valence-electron chi connectivity index (χ1n) is 9.88. The largest absolute Gasteiger partial charge is 0.342 e. The van der Waals surface area contributed by atoms with Gasteiger partial charge in [0, 0.05) is 35.2 Å². The van der Waals surface area contributed by atoms with Gasteiger partial charge in [0.05, 0.1) is 4.91 Å². The van der Waals surface area contributed by atoms with Crippen molar-refractivity contribution >= 4 is 39.9 Å². The molecular weight excluding hydrogens is 380 g/mol. The van der Waals surface area contributed by atoms with Gasteiger partial charge in [-0.1, -0.05) is 55.0 Å². The fraction of sp³-hybridized carbons (Fsp3) is 0.250. The van der Waals surface area contributed by atoms with Gasteiger partial charge < -0.3 is 4.57 Å². The average molecular weight is 405 g/mol. The van der Waals surface area contributed by atoms with E-state index in [-0.39, 0.29) is 17.2 Å². The van der Waals surface area contributed by atoms with E-state index in [9.17, 15) is 9.59 Å². The SMILES string of the molecule is CC[C@@H](C)N1C(=O)S/C(=C/c2cn(Cc3cccc(C)c3)c3ccccc23)C1=O. The van der Waals surface area contributed by atoms with Crippen molar-refractivity contribution in [2.24, 2.45) is 0 Å². The zero-order valence-electron chi connectivity index (χ0n) is 16.9. The van der Waals surface area contributed by atoms with E-state index in [0.717, 1.165) is 41.2 Å². The molecule has 0 unspecified atom stereocenters. The van der Waals surface area contributed by atoms with Gasteiger partial charge in [-0.15, -0.1) is 0 Å². The van der Waals surface area contributed by atoms with Crippen LogP contribution in [0.3, 0.4) is 0 Å². The molecule has 4 nitrogen and oxygen atoms in total. The van der Waals surface area contributed by atoms with Gasteiger partial charge in [0.15, 0.2) is 0 Å². The lowest BCUT2D eigenvalue weighted by Gasteiger charge is -2.19. The average Bonchev–Trinajstić information content (AvgIpc) is 3.19. The lowest BCUT2D eigenvalue weighted by atomic mass is 10.1. The highest BCUT2D eigenvalue weighted by atomic mass is 32.2. The predicted octanol–water partition coefficient (Wildman–Crippen LogP) is 5.83. The number of hydrogen-bond donors (Lipinski definition) is 0. The van der Waals surface area contributed by atoms with Gasteiger partial charge in [0.25, 0.3) is 11.1 Å². The molecule has 3 aromatic rings. The molecule has 4 rings (SSSR count). The number of benzene rings is 2. The van der Waals surface area contributed by atoms with Gasteiger partial charge in [-0.05, 0) is 49.7 Å². The monoisotopic (exact) mass is 404 g/mol. The fourth-order valence-corrected chi connectivity index (χ4v) is 4.63. The van der Waals surface area contributed by atoms with Crippen molar-refractivity contribution in [1.29, 1.82) is 0 Å². The lowest BCUT2D eigenvalue weighted by Crippen LogP contribution is -2.36. The second-order valence-electron chi connectivity index (χ2n) is 7.53. The molecule has 1 atom stereocenters. The van der Waals surface area contributed by atoms with Crippen molar-refractivity contribution in [3.63, 3.8) is 0 Å². The first kappa shape index (κ1) is 19.5. The summed E-state index contributed by atoms with van der Waals surface area (Å²) in [7, 11) is 0. The molecule has 1 aliphatic heterocycles. The topological polar surface area (TPSA) is 42.3 Å². The van der Waals surface area contributed by atoms with Gasteiger partial charge in [-0.25, -0.2) is 0 Å². The summed E-state index contributed by atoms with van der Waals surface area (Å²) in [6, 6.07) is 16.6. The molecule has 2 heterocycles. The third-order valence-electron chi connectivity index (χ3n) is 5.40. The third kappa shape index (κ3) is 3.75. The Bertz CT molecular complexity index is 1130. The molecule has 1 aromatic heterocycles. The van der Waals surface area contributed by atoms with Crippen LogP contribution in [0.25, 0.3) is 17.0 Å². The zero-order valence-corrected chi connectivity index (χ0v) is 17.7. The predicted molar refractivity (Wildman–Crippen MR) is 120 cm³/mol. The van der Waals surface area contributed by atoms with E-state index < -0.39 is 0 Å². The van der Waals surface area contributed by atoms with Crippen molar-refractivity contribution in [1.82, 2.24) is 9.47 Å². The molecule has 1 fully saturated rings. The Kier molecular flexibility index (Phi) is 5.33. The maximum atomic E-state index is 12.8. The fourth-order valence-electron chi connectivity index (χ4n) is 3.71. The van der Waals surface area contributed by atoms with Crippen LogP contribution in [0.2, 0.25) is 0 Å². The van der Waals surface area contributed by atoms with Gasteiger partial charge in [-0.3, -0.25) is 14.5 Å². The number of nitrogens with zero attached hydrogens (tertiary/aromatic N) is 2. The minimum Gasteiger partial charge on any atom is -0.342 e. The number of carbonyl (C=O) groups excluding carboxylic acids is 2. The van der Waals surface area contributed by atoms with Gasteiger partial charge >= 0.3 is 0 Å². The number of para-hydroxylation sites is 1. The smallest absolute Gasteiger partial charge is 0.293 e. The number of aromatic nitrogens is 1. The minimum absolute atomic E-state index is 0.0870. The molecule has 2 aromatic carbocycles. The van der Waals surface area contributed by atoms with Crippen LogP contribution in [0.4, 0.5) is 4.79 Å². The number of carbonyl (C=O) groups is 2. The van der Waals surface area contributed by atoms with Crippen LogP contribution in [0.15, 0.2) is 59.6 Å². The Morgan fingerprint density at radius 1 is 1.10 bits per heavy atom. The Labute approximate surface area is 175 Å². The molecule has 29 heavy (non-hydrogen) atoms. The summed E-state index contributed by atoms with van der Waals surface area (Å²) < 4.78 is 2.20. The van der Waals surface area contributed by atoms with Gasteiger partial charge in [0.2, 0.25) is 0 Å². The van der Waals surface area contributed by atoms with E-state index in [1.165, 1.54) is 16.0 Å². The van der Waals surface area contributed by atoms with Gasteiger partial charge in [-0.2, -0.15) is 0 Å². The normalized spacial score (nSPS) is 16.9. The molecule has 2 amide bonds. The van der Waals surface area contributed by atoms with Crippen LogP contribution in [-0.2, 0) is 11.3 Å². The van der Waals surface area contributed by atoms with Crippen molar-refractivity contribution in [2.75, 3.05) is 0 Å². The van der Waals surface area contributed by atoms with E-state index in [1.54, 1.807) is 0 Å². The summed E-state index contributed by atoms with van der Waals surface area (Å²) in [5.74, 6) is -0.190. The molecule has 0 spiro atoms. The summed E-state index contributed by atoms with van der Waals surface area (Å²) in [6.45, 7) is 6.74. The second kappa shape index (κ2) is 7.91. The summed E-state index contributed by atoms with van der Waals surface area (Å²) >= 11 is 1.03. The molecule has 0 radical (unpaired) electrons. The Morgan fingerprint density at radius 2 is 1.90 bits per heavy atom. The molecule has 0 saturated carbocycles. The molecule has 0 aliphatic carbocycles. The number of rotatable bonds is 5. The summed E-state index contributed by atoms with van der Waals surface area (Å²) in [4.78, 5) is 27.0. The molecule has 0 N–H and O–H groups in total.